The molecule has 4 nitrogen and oxygen atoms in total. The number of hydrogen-bond donors (Lipinski definition) is 1. The average molecular weight is 254 g/mol. The van der Waals surface area contributed by atoms with Gasteiger partial charge in [-0.2, -0.15) is 0 Å². The molecule has 3 atom stereocenters. The Hall–Kier alpha value is -0.610. The first-order valence-corrected chi connectivity index (χ1v) is 7.29. The summed E-state index contributed by atoms with van der Waals surface area (Å²) in [6.07, 6.45) is 5.37. The lowest BCUT2D eigenvalue weighted by Crippen LogP contribution is -2.44. The van der Waals surface area contributed by atoms with Gasteiger partial charge in [0.25, 0.3) is 0 Å². The van der Waals surface area contributed by atoms with Crippen LogP contribution in [0.4, 0.5) is 0 Å². The zero-order valence-electron chi connectivity index (χ0n) is 11.6. The van der Waals surface area contributed by atoms with Gasteiger partial charge in [0, 0.05) is 25.6 Å². The lowest BCUT2D eigenvalue weighted by molar-refractivity contribution is -0.131. The number of aliphatic hydroxyl groups is 1. The SMILES string of the molecule is CCN(C)C(=O)CN1CCCC1C1CCCC1O. The smallest absolute Gasteiger partial charge is 0.236 e. The van der Waals surface area contributed by atoms with Gasteiger partial charge in [-0.05, 0) is 39.2 Å². The van der Waals surface area contributed by atoms with E-state index in [0.717, 1.165) is 45.2 Å². The van der Waals surface area contributed by atoms with Crippen molar-refractivity contribution in [3.8, 4) is 0 Å². The molecule has 1 saturated heterocycles. The third-order valence-electron chi connectivity index (χ3n) is 4.68. The zero-order chi connectivity index (χ0) is 13.1. The van der Waals surface area contributed by atoms with E-state index in [1.54, 1.807) is 4.90 Å². The molecule has 0 spiro atoms. The van der Waals surface area contributed by atoms with Crippen LogP contribution < -0.4 is 0 Å². The summed E-state index contributed by atoms with van der Waals surface area (Å²) in [4.78, 5) is 16.1. The number of carbonyl (C=O) groups excluding carboxylic acids is 1. The fraction of sp³-hybridized carbons (Fsp3) is 0.929. The van der Waals surface area contributed by atoms with Crippen molar-refractivity contribution in [1.29, 1.82) is 0 Å². The van der Waals surface area contributed by atoms with Gasteiger partial charge in [-0.25, -0.2) is 0 Å². The largest absolute Gasteiger partial charge is 0.393 e. The summed E-state index contributed by atoms with van der Waals surface area (Å²) in [7, 11) is 1.86. The van der Waals surface area contributed by atoms with Crippen LogP contribution >= 0.6 is 0 Å². The van der Waals surface area contributed by atoms with Gasteiger partial charge < -0.3 is 10.0 Å². The van der Waals surface area contributed by atoms with E-state index in [-0.39, 0.29) is 12.0 Å². The Kier molecular flexibility index (Phi) is 4.62. The molecule has 0 radical (unpaired) electrons. The molecule has 1 saturated carbocycles. The topological polar surface area (TPSA) is 43.8 Å². The Morgan fingerprint density at radius 2 is 2.11 bits per heavy atom. The maximum Gasteiger partial charge on any atom is 0.236 e. The number of rotatable bonds is 4. The zero-order valence-corrected chi connectivity index (χ0v) is 11.6. The van der Waals surface area contributed by atoms with Gasteiger partial charge in [-0.3, -0.25) is 9.69 Å². The number of amides is 1. The van der Waals surface area contributed by atoms with Crippen LogP contribution in [0.2, 0.25) is 0 Å². The van der Waals surface area contributed by atoms with Crippen molar-refractivity contribution in [1.82, 2.24) is 9.80 Å². The van der Waals surface area contributed by atoms with Gasteiger partial charge in [0.05, 0.1) is 12.6 Å². The van der Waals surface area contributed by atoms with Crippen molar-refractivity contribution in [3.05, 3.63) is 0 Å². The van der Waals surface area contributed by atoms with Crippen molar-refractivity contribution in [2.24, 2.45) is 5.92 Å². The number of likely N-dealkylation sites (N-methyl/N-ethyl adjacent to an activating group) is 1. The maximum absolute atomic E-state index is 12.0. The van der Waals surface area contributed by atoms with Crippen LogP contribution in [-0.4, -0.2) is 59.6 Å². The molecule has 2 aliphatic rings. The molecule has 1 aliphatic carbocycles. The standard InChI is InChI=1S/C14H26N2O2/c1-3-15(2)14(18)10-16-9-5-7-12(16)11-6-4-8-13(11)17/h11-13,17H,3-10H2,1-2H3. The van der Waals surface area contributed by atoms with Crippen LogP contribution in [0.15, 0.2) is 0 Å². The number of aliphatic hydroxyl groups excluding tert-OH is 1. The first-order chi connectivity index (χ1) is 8.63. The molecule has 0 bridgehead atoms. The van der Waals surface area contributed by atoms with E-state index in [9.17, 15) is 9.90 Å². The molecule has 104 valence electrons. The number of hydrogen-bond acceptors (Lipinski definition) is 3. The van der Waals surface area contributed by atoms with Crippen LogP contribution in [0.3, 0.4) is 0 Å². The van der Waals surface area contributed by atoms with E-state index < -0.39 is 0 Å². The second-order valence-electron chi connectivity index (χ2n) is 5.75. The van der Waals surface area contributed by atoms with E-state index in [0.29, 0.717) is 18.5 Å². The molecule has 2 rings (SSSR count). The molecule has 0 aromatic carbocycles. The summed E-state index contributed by atoms with van der Waals surface area (Å²) in [5.74, 6) is 0.601. The van der Waals surface area contributed by atoms with Crippen molar-refractivity contribution in [3.63, 3.8) is 0 Å². The molecule has 1 N–H and O–H groups in total. The van der Waals surface area contributed by atoms with Crippen LogP contribution in [-0.2, 0) is 4.79 Å². The van der Waals surface area contributed by atoms with Gasteiger partial charge in [0.15, 0.2) is 0 Å². The summed E-state index contributed by atoms with van der Waals surface area (Å²) in [5, 5.41) is 10.0. The van der Waals surface area contributed by atoms with Crippen LogP contribution in [0, 0.1) is 5.92 Å². The van der Waals surface area contributed by atoms with E-state index in [4.69, 9.17) is 0 Å². The summed E-state index contributed by atoms with van der Waals surface area (Å²) >= 11 is 0. The van der Waals surface area contributed by atoms with Crippen LogP contribution in [0.25, 0.3) is 0 Å². The predicted molar refractivity (Wildman–Crippen MR) is 71.3 cm³/mol. The molecule has 1 aliphatic heterocycles. The molecule has 2 fully saturated rings. The lowest BCUT2D eigenvalue weighted by Gasteiger charge is -2.31. The second-order valence-corrected chi connectivity index (χ2v) is 5.75. The molecule has 3 unspecified atom stereocenters. The summed E-state index contributed by atoms with van der Waals surface area (Å²) in [5.41, 5.74) is 0. The molecule has 0 aromatic heterocycles. The van der Waals surface area contributed by atoms with Gasteiger partial charge in [-0.1, -0.05) is 6.42 Å². The lowest BCUT2D eigenvalue weighted by atomic mass is 9.94. The first-order valence-electron chi connectivity index (χ1n) is 7.29. The van der Waals surface area contributed by atoms with Crippen LogP contribution in [0.1, 0.15) is 39.0 Å². The highest BCUT2D eigenvalue weighted by Crippen LogP contribution is 2.35. The number of carbonyl (C=O) groups is 1. The molecular weight excluding hydrogens is 228 g/mol. The quantitative estimate of drug-likeness (QED) is 0.817. The van der Waals surface area contributed by atoms with E-state index in [1.807, 2.05) is 14.0 Å². The normalized spacial score (nSPS) is 32.9. The molecule has 18 heavy (non-hydrogen) atoms. The predicted octanol–water partition coefficient (Wildman–Crippen LogP) is 1.09. The molecule has 0 aromatic rings. The summed E-state index contributed by atoms with van der Waals surface area (Å²) in [6.45, 7) is 4.30. The minimum Gasteiger partial charge on any atom is -0.393 e. The van der Waals surface area contributed by atoms with E-state index in [2.05, 4.69) is 4.90 Å². The fourth-order valence-electron chi connectivity index (χ4n) is 3.42. The highest BCUT2D eigenvalue weighted by Gasteiger charge is 2.38. The van der Waals surface area contributed by atoms with Gasteiger partial charge >= 0.3 is 0 Å². The van der Waals surface area contributed by atoms with Gasteiger partial charge in [0.2, 0.25) is 5.91 Å². The second kappa shape index (κ2) is 6.02. The Bertz CT molecular complexity index is 296. The molecule has 4 heteroatoms. The number of likely N-dealkylation sites (tertiary alicyclic amines) is 1. The highest BCUT2D eigenvalue weighted by atomic mass is 16.3. The van der Waals surface area contributed by atoms with Gasteiger partial charge in [0.1, 0.15) is 0 Å². The third-order valence-corrected chi connectivity index (χ3v) is 4.68. The molecule has 1 amide bonds. The Labute approximate surface area is 110 Å². The van der Waals surface area contributed by atoms with Crippen molar-refractivity contribution >= 4 is 5.91 Å². The van der Waals surface area contributed by atoms with E-state index in [1.165, 1.54) is 0 Å². The molecular formula is C14H26N2O2. The number of nitrogens with zero attached hydrogens (tertiary/aromatic N) is 2. The Morgan fingerprint density at radius 1 is 1.33 bits per heavy atom. The minimum atomic E-state index is -0.144. The van der Waals surface area contributed by atoms with Crippen molar-refractivity contribution < 1.29 is 9.90 Å². The van der Waals surface area contributed by atoms with Crippen molar-refractivity contribution in [2.75, 3.05) is 26.7 Å². The molecule has 1 heterocycles. The van der Waals surface area contributed by atoms with Gasteiger partial charge in [-0.15, -0.1) is 0 Å². The van der Waals surface area contributed by atoms with Crippen molar-refractivity contribution in [2.45, 2.75) is 51.2 Å². The van der Waals surface area contributed by atoms with Crippen LogP contribution in [0.5, 0.6) is 0 Å². The first kappa shape index (κ1) is 13.8. The maximum atomic E-state index is 12.0. The third kappa shape index (κ3) is 2.86. The Balaban J connectivity index is 1.93. The summed E-state index contributed by atoms with van der Waals surface area (Å²) in [6, 6.07) is 0.428. The highest BCUT2D eigenvalue weighted by molar-refractivity contribution is 5.78. The Morgan fingerprint density at radius 3 is 2.72 bits per heavy atom. The monoisotopic (exact) mass is 254 g/mol. The minimum absolute atomic E-state index is 0.144. The van der Waals surface area contributed by atoms with E-state index >= 15 is 0 Å². The summed E-state index contributed by atoms with van der Waals surface area (Å²) < 4.78 is 0. The average Bonchev–Trinajstić information content (AvgIpc) is 2.96. The fourth-order valence-corrected chi connectivity index (χ4v) is 3.42.